The molecule has 0 aliphatic heterocycles. The maximum Gasteiger partial charge on any atom is 0.276 e. The number of ether oxygens (including phenoxy) is 1. The van der Waals surface area contributed by atoms with E-state index in [0.29, 0.717) is 5.75 Å². The van der Waals surface area contributed by atoms with E-state index in [1.54, 1.807) is 12.1 Å². The van der Waals surface area contributed by atoms with E-state index in [0.717, 1.165) is 16.0 Å². The van der Waals surface area contributed by atoms with Crippen molar-refractivity contribution < 1.29 is 18.7 Å². The van der Waals surface area contributed by atoms with Crippen molar-refractivity contribution in [3.8, 4) is 5.75 Å². The fourth-order valence-electron chi connectivity index (χ4n) is 2.28. The molecule has 0 bridgehead atoms. The van der Waals surface area contributed by atoms with Crippen molar-refractivity contribution in [2.24, 2.45) is 0 Å². The summed E-state index contributed by atoms with van der Waals surface area (Å²) in [4.78, 5) is 24.5. The monoisotopic (exact) mass is 390 g/mol. The van der Waals surface area contributed by atoms with E-state index in [-0.39, 0.29) is 30.0 Å². The number of hydrogen-bond acceptors (Lipinski definition) is 4. The van der Waals surface area contributed by atoms with Gasteiger partial charge in [0.1, 0.15) is 11.6 Å². The molecule has 2 amide bonds. The van der Waals surface area contributed by atoms with Crippen molar-refractivity contribution in [2.45, 2.75) is 31.6 Å². The molecule has 5 nitrogen and oxygen atoms in total. The van der Waals surface area contributed by atoms with Crippen molar-refractivity contribution in [3.63, 3.8) is 0 Å². The lowest BCUT2D eigenvalue weighted by Gasteiger charge is -2.15. The Bertz CT molecular complexity index is 794. The summed E-state index contributed by atoms with van der Waals surface area (Å²) in [6.07, 6.45) is 0. The first-order valence-electron chi connectivity index (χ1n) is 8.54. The van der Waals surface area contributed by atoms with Gasteiger partial charge in [0.25, 0.3) is 5.91 Å². The second kappa shape index (κ2) is 9.97. The van der Waals surface area contributed by atoms with Gasteiger partial charge >= 0.3 is 0 Å². The van der Waals surface area contributed by atoms with Gasteiger partial charge in [0, 0.05) is 4.90 Å². The second-order valence-electron chi connectivity index (χ2n) is 6.32. The molecule has 0 radical (unpaired) electrons. The molecule has 0 spiro atoms. The molecule has 2 rings (SSSR count). The SMILES string of the molecule is Cc1ccc(C(C)C)c(OCC(=O)NNC(=O)CSc2ccc(F)cc2)c1. The molecule has 7 heteroatoms. The second-order valence-corrected chi connectivity index (χ2v) is 7.37. The molecule has 27 heavy (non-hydrogen) atoms. The number of hydrazine groups is 1. The Morgan fingerprint density at radius 1 is 1.07 bits per heavy atom. The summed E-state index contributed by atoms with van der Waals surface area (Å²) < 4.78 is 18.4. The van der Waals surface area contributed by atoms with Crippen LogP contribution >= 0.6 is 11.8 Å². The van der Waals surface area contributed by atoms with Crippen LogP contribution in [0.15, 0.2) is 47.4 Å². The first-order valence-corrected chi connectivity index (χ1v) is 9.53. The van der Waals surface area contributed by atoms with Gasteiger partial charge in [0.15, 0.2) is 6.61 Å². The highest BCUT2D eigenvalue weighted by Crippen LogP contribution is 2.27. The van der Waals surface area contributed by atoms with Gasteiger partial charge in [-0.05, 0) is 54.3 Å². The molecule has 2 aromatic rings. The van der Waals surface area contributed by atoms with Crippen molar-refractivity contribution in [1.82, 2.24) is 10.9 Å². The molecule has 0 saturated carbocycles. The molecular formula is C20H23FN2O3S. The maximum atomic E-state index is 12.8. The normalized spacial score (nSPS) is 10.6. The Morgan fingerprint density at radius 2 is 1.74 bits per heavy atom. The molecule has 2 aromatic carbocycles. The number of aryl methyl sites for hydroxylation is 1. The maximum absolute atomic E-state index is 12.8. The largest absolute Gasteiger partial charge is 0.483 e. The summed E-state index contributed by atoms with van der Waals surface area (Å²) >= 11 is 1.24. The Hall–Kier alpha value is -2.54. The lowest BCUT2D eigenvalue weighted by atomic mass is 10.0. The van der Waals surface area contributed by atoms with Crippen molar-refractivity contribution in [3.05, 3.63) is 59.4 Å². The molecule has 2 N–H and O–H groups in total. The van der Waals surface area contributed by atoms with Gasteiger partial charge < -0.3 is 4.74 Å². The zero-order valence-corrected chi connectivity index (χ0v) is 16.4. The highest BCUT2D eigenvalue weighted by atomic mass is 32.2. The molecule has 0 aliphatic carbocycles. The number of carbonyl (C=O) groups is 2. The topological polar surface area (TPSA) is 67.4 Å². The van der Waals surface area contributed by atoms with Gasteiger partial charge in [-0.3, -0.25) is 20.4 Å². The van der Waals surface area contributed by atoms with E-state index in [1.807, 2.05) is 25.1 Å². The third-order valence-electron chi connectivity index (χ3n) is 3.67. The molecule has 0 atom stereocenters. The first kappa shape index (κ1) is 20.8. The van der Waals surface area contributed by atoms with Gasteiger partial charge in [0.05, 0.1) is 5.75 Å². The summed E-state index contributed by atoms with van der Waals surface area (Å²) in [6, 6.07) is 11.7. The van der Waals surface area contributed by atoms with Gasteiger partial charge in [-0.25, -0.2) is 4.39 Å². The Kier molecular flexibility index (Phi) is 7.67. The van der Waals surface area contributed by atoms with E-state index >= 15 is 0 Å². The minimum atomic E-state index is -0.452. The van der Waals surface area contributed by atoms with E-state index in [2.05, 4.69) is 24.7 Å². The molecular weight excluding hydrogens is 367 g/mol. The highest BCUT2D eigenvalue weighted by Gasteiger charge is 2.11. The number of benzene rings is 2. The van der Waals surface area contributed by atoms with E-state index in [1.165, 1.54) is 23.9 Å². The van der Waals surface area contributed by atoms with Crippen LogP contribution < -0.4 is 15.6 Å². The summed E-state index contributed by atoms with van der Waals surface area (Å²) in [7, 11) is 0. The first-order chi connectivity index (χ1) is 12.8. The zero-order valence-electron chi connectivity index (χ0n) is 15.5. The van der Waals surface area contributed by atoms with Crippen LogP contribution in [0.1, 0.15) is 30.9 Å². The van der Waals surface area contributed by atoms with E-state index in [9.17, 15) is 14.0 Å². The molecule has 0 aromatic heterocycles. The number of carbonyl (C=O) groups excluding carboxylic acids is 2. The van der Waals surface area contributed by atoms with Crippen molar-refractivity contribution in [2.75, 3.05) is 12.4 Å². The Balaban J connectivity index is 1.75. The fourth-order valence-corrected chi connectivity index (χ4v) is 2.98. The predicted octanol–water partition coefficient (Wildman–Crippen LogP) is 3.58. The lowest BCUT2D eigenvalue weighted by molar-refractivity contribution is -0.128. The van der Waals surface area contributed by atoms with Crippen molar-refractivity contribution >= 4 is 23.6 Å². The summed E-state index contributed by atoms with van der Waals surface area (Å²) in [5, 5.41) is 0. The Morgan fingerprint density at radius 3 is 2.41 bits per heavy atom. The van der Waals surface area contributed by atoms with E-state index < -0.39 is 5.91 Å². The number of nitrogens with one attached hydrogen (secondary N) is 2. The van der Waals surface area contributed by atoms with Gasteiger partial charge in [-0.2, -0.15) is 0 Å². The van der Waals surface area contributed by atoms with Crippen LogP contribution in [0, 0.1) is 12.7 Å². The van der Waals surface area contributed by atoms with Crippen LogP contribution in [0.4, 0.5) is 4.39 Å². The molecule has 0 aliphatic rings. The third-order valence-corrected chi connectivity index (χ3v) is 4.69. The summed E-state index contributed by atoms with van der Waals surface area (Å²) in [5.41, 5.74) is 6.72. The van der Waals surface area contributed by atoms with Crippen LogP contribution in [0.2, 0.25) is 0 Å². The average molecular weight is 390 g/mol. The van der Waals surface area contributed by atoms with Gasteiger partial charge in [0.2, 0.25) is 5.91 Å². The van der Waals surface area contributed by atoms with Gasteiger partial charge in [-0.15, -0.1) is 11.8 Å². The smallest absolute Gasteiger partial charge is 0.276 e. The van der Waals surface area contributed by atoms with Crippen molar-refractivity contribution in [1.29, 1.82) is 0 Å². The molecule has 0 fully saturated rings. The van der Waals surface area contributed by atoms with Crippen LogP contribution in [0.3, 0.4) is 0 Å². The van der Waals surface area contributed by atoms with Gasteiger partial charge in [-0.1, -0.05) is 26.0 Å². The highest BCUT2D eigenvalue weighted by molar-refractivity contribution is 8.00. The fraction of sp³-hybridized carbons (Fsp3) is 0.300. The minimum absolute atomic E-state index is 0.0994. The molecule has 0 heterocycles. The molecule has 0 unspecified atom stereocenters. The summed E-state index contributed by atoms with van der Waals surface area (Å²) in [6.45, 7) is 5.86. The molecule has 0 saturated heterocycles. The lowest BCUT2D eigenvalue weighted by Crippen LogP contribution is -2.44. The van der Waals surface area contributed by atoms with Crippen LogP contribution in [0.5, 0.6) is 5.75 Å². The van der Waals surface area contributed by atoms with Crippen LogP contribution in [0.25, 0.3) is 0 Å². The number of rotatable bonds is 7. The average Bonchev–Trinajstić information content (AvgIpc) is 2.64. The van der Waals surface area contributed by atoms with Crippen LogP contribution in [-0.4, -0.2) is 24.2 Å². The van der Waals surface area contributed by atoms with E-state index in [4.69, 9.17) is 4.74 Å². The number of amides is 2. The third kappa shape index (κ3) is 6.94. The number of thioether (sulfide) groups is 1. The van der Waals surface area contributed by atoms with Crippen LogP contribution in [-0.2, 0) is 9.59 Å². The predicted molar refractivity (Wildman–Crippen MR) is 104 cm³/mol. The Labute approximate surface area is 162 Å². The standard InChI is InChI=1S/C20H23FN2O3S/c1-13(2)17-9-4-14(3)10-18(17)26-11-19(24)22-23-20(25)12-27-16-7-5-15(21)6-8-16/h4-10,13H,11-12H2,1-3H3,(H,22,24)(H,23,25). The summed E-state index contributed by atoms with van der Waals surface area (Å²) in [5.74, 6) is -0.111. The number of halogens is 1. The zero-order chi connectivity index (χ0) is 19.8. The number of hydrogen-bond donors (Lipinski definition) is 2. The molecule has 144 valence electrons. The quantitative estimate of drug-likeness (QED) is 0.560. The minimum Gasteiger partial charge on any atom is -0.483 e.